The molecule has 0 radical (unpaired) electrons. The lowest BCUT2D eigenvalue weighted by molar-refractivity contribution is 0.757. The fraction of sp³-hybridized carbons (Fsp3) is 0.522. The molecule has 0 atom stereocenters. The second kappa shape index (κ2) is 9.61. The van der Waals surface area contributed by atoms with Crippen LogP contribution >= 0.6 is 0 Å². The maximum Gasteiger partial charge on any atom is 0.0463 e. The normalized spacial score (nSPS) is 11.2. The predicted octanol–water partition coefficient (Wildman–Crippen LogP) is 7.26. The molecule has 1 aromatic heterocycles. The number of aromatic nitrogens is 1. The SMILES string of the molecule is CC(C)c1ccccc1C(C)C.CC(C)c1cccnc1C(C)C. The molecule has 2 rings (SSSR count). The summed E-state index contributed by atoms with van der Waals surface area (Å²) in [5.41, 5.74) is 5.61. The third kappa shape index (κ3) is 5.78. The number of hydrogen-bond donors (Lipinski definition) is 0. The Bertz CT molecular complexity index is 499. The topological polar surface area (TPSA) is 12.9 Å². The second-order valence-electron chi connectivity index (χ2n) is 7.73. The third-order valence-corrected chi connectivity index (χ3v) is 4.28. The van der Waals surface area contributed by atoms with E-state index < -0.39 is 0 Å². The summed E-state index contributed by atoms with van der Waals surface area (Å²) in [4.78, 5) is 4.40. The number of rotatable bonds is 4. The van der Waals surface area contributed by atoms with Gasteiger partial charge in [0.15, 0.2) is 0 Å². The van der Waals surface area contributed by atoms with E-state index in [4.69, 9.17) is 0 Å². The first-order valence-electron chi connectivity index (χ1n) is 9.29. The summed E-state index contributed by atoms with van der Waals surface area (Å²) in [6, 6.07) is 12.9. The van der Waals surface area contributed by atoms with Gasteiger partial charge in [0, 0.05) is 11.9 Å². The van der Waals surface area contributed by atoms with Crippen LogP contribution < -0.4 is 0 Å². The Balaban J connectivity index is 0.000000240. The Hall–Kier alpha value is -1.63. The first kappa shape index (κ1) is 20.4. The van der Waals surface area contributed by atoms with Gasteiger partial charge in [0.2, 0.25) is 0 Å². The van der Waals surface area contributed by atoms with Gasteiger partial charge in [0.1, 0.15) is 0 Å². The smallest absolute Gasteiger partial charge is 0.0463 e. The fourth-order valence-corrected chi connectivity index (χ4v) is 2.96. The lowest BCUT2D eigenvalue weighted by atomic mass is 9.91. The molecule has 132 valence electrons. The summed E-state index contributed by atoms with van der Waals surface area (Å²) in [5.74, 6) is 2.40. The van der Waals surface area contributed by atoms with E-state index in [1.165, 1.54) is 22.4 Å². The molecule has 0 amide bonds. The van der Waals surface area contributed by atoms with Crippen LogP contribution in [0.15, 0.2) is 42.6 Å². The summed E-state index contributed by atoms with van der Waals surface area (Å²) in [6.07, 6.45) is 1.88. The molecular weight excluding hydrogens is 290 g/mol. The van der Waals surface area contributed by atoms with E-state index in [0.717, 1.165) is 0 Å². The Labute approximate surface area is 149 Å². The van der Waals surface area contributed by atoms with Crippen LogP contribution in [0.25, 0.3) is 0 Å². The van der Waals surface area contributed by atoms with Crippen molar-refractivity contribution in [2.24, 2.45) is 0 Å². The number of nitrogens with zero attached hydrogens (tertiary/aromatic N) is 1. The van der Waals surface area contributed by atoms with Crippen molar-refractivity contribution < 1.29 is 0 Å². The molecule has 0 unspecified atom stereocenters. The highest BCUT2D eigenvalue weighted by atomic mass is 14.7. The first-order chi connectivity index (χ1) is 11.3. The largest absolute Gasteiger partial charge is 0.261 e. The van der Waals surface area contributed by atoms with Crippen LogP contribution in [-0.2, 0) is 0 Å². The maximum absolute atomic E-state index is 4.40. The average molecular weight is 326 g/mol. The monoisotopic (exact) mass is 325 g/mol. The first-order valence-corrected chi connectivity index (χ1v) is 9.29. The van der Waals surface area contributed by atoms with E-state index in [0.29, 0.717) is 23.7 Å². The summed E-state index contributed by atoms with van der Waals surface area (Å²) in [5, 5.41) is 0. The minimum atomic E-state index is 0.531. The van der Waals surface area contributed by atoms with Crippen LogP contribution in [0, 0.1) is 0 Å². The number of benzene rings is 1. The van der Waals surface area contributed by atoms with Crippen molar-refractivity contribution in [3.8, 4) is 0 Å². The lowest BCUT2D eigenvalue weighted by Gasteiger charge is -2.14. The van der Waals surface area contributed by atoms with Crippen LogP contribution in [0.5, 0.6) is 0 Å². The summed E-state index contributed by atoms with van der Waals surface area (Å²) < 4.78 is 0. The van der Waals surface area contributed by atoms with Crippen LogP contribution in [0.2, 0.25) is 0 Å². The Morgan fingerprint density at radius 2 is 0.958 bits per heavy atom. The van der Waals surface area contributed by atoms with E-state index in [1.807, 2.05) is 12.3 Å². The van der Waals surface area contributed by atoms with E-state index in [9.17, 15) is 0 Å². The summed E-state index contributed by atoms with van der Waals surface area (Å²) >= 11 is 0. The molecule has 1 aromatic carbocycles. The Morgan fingerprint density at radius 3 is 1.29 bits per heavy atom. The highest BCUT2D eigenvalue weighted by Crippen LogP contribution is 2.25. The molecule has 0 spiro atoms. The molecule has 24 heavy (non-hydrogen) atoms. The molecule has 0 N–H and O–H groups in total. The van der Waals surface area contributed by atoms with Crippen molar-refractivity contribution in [1.29, 1.82) is 0 Å². The molecule has 2 aromatic rings. The second-order valence-corrected chi connectivity index (χ2v) is 7.73. The minimum Gasteiger partial charge on any atom is -0.261 e. The van der Waals surface area contributed by atoms with Gasteiger partial charge < -0.3 is 0 Å². The standard InChI is InChI=1S/C12H18.C11H17N/c1-9(2)11-7-5-6-8-12(11)10(3)4;1-8(2)10-6-5-7-12-11(10)9(3)4/h5-10H,1-4H3;5-9H,1-4H3. The molecule has 1 heteroatoms. The van der Waals surface area contributed by atoms with Gasteiger partial charge in [-0.2, -0.15) is 0 Å². The third-order valence-electron chi connectivity index (χ3n) is 4.28. The summed E-state index contributed by atoms with van der Waals surface area (Å²) in [7, 11) is 0. The van der Waals surface area contributed by atoms with Gasteiger partial charge in [0.05, 0.1) is 0 Å². The van der Waals surface area contributed by atoms with E-state index in [1.54, 1.807) is 0 Å². The molecule has 0 saturated heterocycles. The van der Waals surface area contributed by atoms with Gasteiger partial charge in [-0.25, -0.2) is 0 Å². The van der Waals surface area contributed by atoms with Gasteiger partial charge in [-0.05, 0) is 46.4 Å². The highest BCUT2D eigenvalue weighted by molar-refractivity contribution is 5.31. The zero-order valence-corrected chi connectivity index (χ0v) is 16.8. The zero-order chi connectivity index (χ0) is 18.3. The minimum absolute atomic E-state index is 0.531. The predicted molar refractivity (Wildman–Crippen MR) is 107 cm³/mol. The van der Waals surface area contributed by atoms with E-state index in [2.05, 4.69) is 90.7 Å². The van der Waals surface area contributed by atoms with Gasteiger partial charge >= 0.3 is 0 Å². The van der Waals surface area contributed by atoms with Crippen LogP contribution in [0.4, 0.5) is 0 Å². The number of pyridine rings is 1. The molecular formula is C23H35N. The molecule has 0 aliphatic carbocycles. The zero-order valence-electron chi connectivity index (χ0n) is 16.8. The molecule has 0 saturated carbocycles. The Kier molecular flexibility index (Phi) is 8.18. The highest BCUT2D eigenvalue weighted by Gasteiger charge is 2.09. The molecule has 0 aliphatic heterocycles. The van der Waals surface area contributed by atoms with Gasteiger partial charge in [-0.15, -0.1) is 0 Å². The van der Waals surface area contributed by atoms with E-state index in [-0.39, 0.29) is 0 Å². The molecule has 0 fully saturated rings. The quantitative estimate of drug-likeness (QED) is 0.576. The average Bonchev–Trinajstić information content (AvgIpc) is 2.55. The fourth-order valence-electron chi connectivity index (χ4n) is 2.96. The van der Waals surface area contributed by atoms with Gasteiger partial charge in [-0.3, -0.25) is 4.98 Å². The molecule has 1 heterocycles. The van der Waals surface area contributed by atoms with Crippen molar-refractivity contribution in [2.45, 2.75) is 79.1 Å². The lowest BCUT2D eigenvalue weighted by Crippen LogP contribution is -2.00. The van der Waals surface area contributed by atoms with Crippen molar-refractivity contribution in [2.75, 3.05) is 0 Å². The van der Waals surface area contributed by atoms with Crippen molar-refractivity contribution in [1.82, 2.24) is 4.98 Å². The van der Waals surface area contributed by atoms with Crippen LogP contribution in [0.3, 0.4) is 0 Å². The maximum atomic E-state index is 4.40. The molecule has 1 nitrogen and oxygen atoms in total. The molecule has 0 bridgehead atoms. The van der Waals surface area contributed by atoms with E-state index >= 15 is 0 Å². The number of hydrogen-bond acceptors (Lipinski definition) is 1. The summed E-state index contributed by atoms with van der Waals surface area (Å²) in [6.45, 7) is 17.8. The molecule has 0 aliphatic rings. The van der Waals surface area contributed by atoms with Crippen molar-refractivity contribution in [3.63, 3.8) is 0 Å². The van der Waals surface area contributed by atoms with Crippen molar-refractivity contribution in [3.05, 3.63) is 65.0 Å². The van der Waals surface area contributed by atoms with Crippen LogP contribution in [-0.4, -0.2) is 4.98 Å². The van der Waals surface area contributed by atoms with Gasteiger partial charge in [0.25, 0.3) is 0 Å². The van der Waals surface area contributed by atoms with Crippen molar-refractivity contribution >= 4 is 0 Å². The van der Waals surface area contributed by atoms with Gasteiger partial charge in [-0.1, -0.05) is 85.7 Å². The van der Waals surface area contributed by atoms with Crippen LogP contribution in [0.1, 0.15) is 101 Å². The Morgan fingerprint density at radius 1 is 0.542 bits per heavy atom.